The van der Waals surface area contributed by atoms with E-state index in [9.17, 15) is 0 Å². The number of para-hydroxylation sites is 2. The van der Waals surface area contributed by atoms with Crippen molar-refractivity contribution in [1.82, 2.24) is 14.1 Å². The van der Waals surface area contributed by atoms with Gasteiger partial charge in [0.15, 0.2) is 0 Å². The van der Waals surface area contributed by atoms with E-state index in [0.29, 0.717) is 0 Å². The maximum Gasteiger partial charge on any atom is 0.138 e. The van der Waals surface area contributed by atoms with Crippen LogP contribution in [0.5, 0.6) is 0 Å². The molecular weight excluding hydrogens is 783 g/mol. The van der Waals surface area contributed by atoms with Gasteiger partial charge in [0.1, 0.15) is 5.82 Å². The van der Waals surface area contributed by atoms with Gasteiger partial charge in [-0.05, 0) is 112 Å². The summed E-state index contributed by atoms with van der Waals surface area (Å²) in [5.41, 5.74) is 14.8. The smallest absolute Gasteiger partial charge is 0.138 e. The van der Waals surface area contributed by atoms with Crippen LogP contribution in [0.1, 0.15) is 0 Å². The largest absolute Gasteiger partial charge is 0.309 e. The molecule has 0 atom stereocenters. The predicted octanol–water partition coefficient (Wildman–Crippen LogP) is 16.3. The summed E-state index contributed by atoms with van der Waals surface area (Å²) in [6, 6.07) is 81.6. The van der Waals surface area contributed by atoms with Crippen molar-refractivity contribution in [3.8, 4) is 56.1 Å². The van der Waals surface area contributed by atoms with Crippen LogP contribution in [-0.2, 0) is 0 Å². The number of hydrogen-bond donors (Lipinski definition) is 0. The minimum Gasteiger partial charge on any atom is -0.309 e. The Bertz CT molecular complexity index is 3840. The molecule has 0 bridgehead atoms. The van der Waals surface area contributed by atoms with E-state index in [1.165, 1.54) is 75.0 Å². The Morgan fingerprint density at radius 3 is 1.54 bits per heavy atom. The monoisotopic (exact) mass is 819 g/mol. The number of fused-ring (bicyclic) bond motifs is 9. The summed E-state index contributed by atoms with van der Waals surface area (Å²) in [6.07, 6.45) is 0. The van der Waals surface area contributed by atoms with E-state index in [1.54, 1.807) is 0 Å². The van der Waals surface area contributed by atoms with Gasteiger partial charge in [-0.1, -0.05) is 146 Å². The molecule has 0 aliphatic heterocycles. The second-order valence-corrected chi connectivity index (χ2v) is 17.4. The molecule has 0 fully saturated rings. The third-order valence-corrected chi connectivity index (χ3v) is 13.9. The molecular formula is C59H37N3S. The van der Waals surface area contributed by atoms with Crippen molar-refractivity contribution in [2.24, 2.45) is 0 Å². The van der Waals surface area contributed by atoms with E-state index in [4.69, 9.17) is 4.98 Å². The molecule has 9 aromatic carbocycles. The molecule has 4 heterocycles. The maximum atomic E-state index is 5.45. The summed E-state index contributed by atoms with van der Waals surface area (Å²) in [5, 5.41) is 7.48. The number of benzene rings is 9. The van der Waals surface area contributed by atoms with E-state index in [2.05, 4.69) is 234 Å². The Kier molecular flexibility index (Phi) is 8.08. The highest BCUT2D eigenvalue weighted by Gasteiger charge is 2.19. The average molecular weight is 820 g/mol. The Balaban J connectivity index is 1.05. The lowest BCUT2D eigenvalue weighted by atomic mass is 9.99. The zero-order valence-electron chi connectivity index (χ0n) is 34.1. The van der Waals surface area contributed by atoms with Gasteiger partial charge in [-0.3, -0.25) is 4.57 Å². The number of nitrogens with zero attached hydrogens (tertiary/aromatic N) is 3. The molecule has 3 nitrogen and oxygen atoms in total. The van der Waals surface area contributed by atoms with Crippen LogP contribution in [0.2, 0.25) is 0 Å². The van der Waals surface area contributed by atoms with E-state index < -0.39 is 0 Å². The van der Waals surface area contributed by atoms with Crippen LogP contribution in [-0.4, -0.2) is 14.1 Å². The molecule has 0 aliphatic rings. The fraction of sp³-hybridized carbons (Fsp3) is 0. The SMILES string of the molecule is c1ccc(-c2cc(-c3ccccc3)nc(-n3c4ccc(-c5ccc6sc7ccccc7c6c5)cc4c4cc(-c5ccc6c7ccccc7n(-c7ccccc7)c6c5)ccc43)c2)cc1. The first kappa shape index (κ1) is 35.7. The number of pyridine rings is 1. The zero-order chi connectivity index (χ0) is 41.4. The van der Waals surface area contributed by atoms with Crippen molar-refractivity contribution >= 4 is 75.1 Å². The molecule has 63 heavy (non-hydrogen) atoms. The molecule has 0 unspecified atom stereocenters. The van der Waals surface area contributed by atoms with Gasteiger partial charge in [-0.2, -0.15) is 0 Å². The lowest BCUT2D eigenvalue weighted by Crippen LogP contribution is -2.00. The van der Waals surface area contributed by atoms with Crippen LogP contribution in [0.3, 0.4) is 0 Å². The summed E-state index contributed by atoms with van der Waals surface area (Å²) < 4.78 is 7.39. The quantitative estimate of drug-likeness (QED) is 0.164. The molecule has 13 aromatic rings. The Morgan fingerprint density at radius 2 is 0.810 bits per heavy atom. The Hall–Kier alpha value is -8.05. The Morgan fingerprint density at radius 1 is 0.286 bits per heavy atom. The zero-order valence-corrected chi connectivity index (χ0v) is 34.9. The van der Waals surface area contributed by atoms with E-state index in [0.717, 1.165) is 44.9 Å². The highest BCUT2D eigenvalue weighted by molar-refractivity contribution is 7.25. The van der Waals surface area contributed by atoms with E-state index in [1.807, 2.05) is 11.3 Å². The summed E-state index contributed by atoms with van der Waals surface area (Å²) in [7, 11) is 0. The van der Waals surface area contributed by atoms with Crippen molar-refractivity contribution in [3.63, 3.8) is 0 Å². The standard InChI is InChI=1S/C59H37N3S/c1-4-14-38(15-5-1)44-35-52(39-16-6-2-7-17-39)60-59(37-44)62-54-29-25-40(42-27-31-58-51(34-42)48-21-11-13-23-57(48)63-58)32-49(54)50-33-41(26-30-55(50)62)43-24-28-47-46-20-10-12-22-53(46)61(56(47)36-43)45-18-8-3-9-19-45/h1-37H. The molecule has 4 heteroatoms. The molecule has 294 valence electrons. The molecule has 0 aliphatic carbocycles. The Labute approximate surface area is 368 Å². The highest BCUT2D eigenvalue weighted by atomic mass is 32.1. The minimum atomic E-state index is 0.885. The molecule has 0 saturated carbocycles. The number of hydrogen-bond acceptors (Lipinski definition) is 2. The topological polar surface area (TPSA) is 22.8 Å². The van der Waals surface area contributed by atoms with E-state index in [-0.39, 0.29) is 0 Å². The van der Waals surface area contributed by atoms with Crippen molar-refractivity contribution in [2.45, 2.75) is 0 Å². The molecule has 0 saturated heterocycles. The first-order chi connectivity index (χ1) is 31.2. The van der Waals surface area contributed by atoms with Gasteiger partial charge < -0.3 is 4.57 Å². The molecule has 0 spiro atoms. The van der Waals surface area contributed by atoms with Crippen molar-refractivity contribution < 1.29 is 0 Å². The fourth-order valence-corrected chi connectivity index (χ4v) is 10.8. The molecule has 0 N–H and O–H groups in total. The van der Waals surface area contributed by atoms with Gasteiger partial charge >= 0.3 is 0 Å². The third kappa shape index (κ3) is 5.84. The average Bonchev–Trinajstić information content (AvgIpc) is 4.01. The number of aromatic nitrogens is 3. The molecule has 0 amide bonds. The first-order valence-corrected chi connectivity index (χ1v) is 22.3. The summed E-state index contributed by atoms with van der Waals surface area (Å²) in [4.78, 5) is 5.45. The highest BCUT2D eigenvalue weighted by Crippen LogP contribution is 2.42. The number of rotatable bonds is 6. The predicted molar refractivity (Wildman–Crippen MR) is 268 cm³/mol. The summed E-state index contributed by atoms with van der Waals surface area (Å²) in [5.74, 6) is 0.885. The van der Waals surface area contributed by atoms with Gasteiger partial charge in [0.25, 0.3) is 0 Å². The molecule has 13 rings (SSSR count). The van der Waals surface area contributed by atoms with Gasteiger partial charge in [-0.15, -0.1) is 11.3 Å². The lowest BCUT2D eigenvalue weighted by molar-refractivity contribution is 1.08. The summed E-state index contributed by atoms with van der Waals surface area (Å²) in [6.45, 7) is 0. The van der Waals surface area contributed by atoms with Crippen LogP contribution >= 0.6 is 11.3 Å². The van der Waals surface area contributed by atoms with Crippen molar-refractivity contribution in [1.29, 1.82) is 0 Å². The lowest BCUT2D eigenvalue weighted by Gasteiger charge is -2.13. The second-order valence-electron chi connectivity index (χ2n) is 16.4. The second kappa shape index (κ2) is 14.3. The third-order valence-electron chi connectivity index (χ3n) is 12.7. The van der Waals surface area contributed by atoms with Crippen LogP contribution < -0.4 is 0 Å². The fourth-order valence-electron chi connectivity index (χ4n) is 9.72. The first-order valence-electron chi connectivity index (χ1n) is 21.4. The van der Waals surface area contributed by atoms with Crippen LogP contribution in [0.15, 0.2) is 224 Å². The van der Waals surface area contributed by atoms with Crippen molar-refractivity contribution in [2.75, 3.05) is 0 Å². The number of thiophene rings is 1. The van der Waals surface area contributed by atoms with Crippen LogP contribution in [0.4, 0.5) is 0 Å². The van der Waals surface area contributed by atoms with Crippen LogP contribution in [0, 0.1) is 0 Å². The summed E-state index contributed by atoms with van der Waals surface area (Å²) >= 11 is 1.86. The van der Waals surface area contributed by atoms with E-state index >= 15 is 0 Å². The molecule has 4 aromatic heterocycles. The minimum absolute atomic E-state index is 0.885. The van der Waals surface area contributed by atoms with Gasteiger partial charge in [-0.25, -0.2) is 4.98 Å². The van der Waals surface area contributed by atoms with Gasteiger partial charge in [0.2, 0.25) is 0 Å². The van der Waals surface area contributed by atoms with Crippen molar-refractivity contribution in [3.05, 3.63) is 224 Å². The molecule has 0 radical (unpaired) electrons. The van der Waals surface area contributed by atoms with Gasteiger partial charge in [0.05, 0.1) is 27.8 Å². The van der Waals surface area contributed by atoms with Gasteiger partial charge in [0, 0.05) is 53.0 Å². The van der Waals surface area contributed by atoms with Crippen LogP contribution in [0.25, 0.3) is 120 Å². The maximum absolute atomic E-state index is 5.45. The normalized spacial score (nSPS) is 11.8.